The van der Waals surface area contributed by atoms with Crippen LogP contribution in [0.4, 0.5) is 0 Å². The van der Waals surface area contributed by atoms with Crippen molar-refractivity contribution >= 4 is 38.4 Å². The van der Waals surface area contributed by atoms with E-state index < -0.39 is 11.9 Å². The average molecular weight is 1180 g/mol. The Bertz CT molecular complexity index is 2120. The molecule has 4 aliphatic rings. The third-order valence-corrected chi connectivity index (χ3v) is 24.1. The van der Waals surface area contributed by atoms with Gasteiger partial charge in [0, 0.05) is 34.3 Å². The van der Waals surface area contributed by atoms with Gasteiger partial charge in [-0.15, -0.1) is 0 Å². The minimum absolute atomic E-state index is 0. The van der Waals surface area contributed by atoms with Gasteiger partial charge in [-0.2, -0.15) is 0 Å². The van der Waals surface area contributed by atoms with Crippen LogP contribution in [-0.2, 0) is 30.0 Å². The summed E-state index contributed by atoms with van der Waals surface area (Å²) in [7, 11) is -0.240. The summed E-state index contributed by atoms with van der Waals surface area (Å²) >= 11 is 0. The van der Waals surface area contributed by atoms with Crippen LogP contribution >= 0.6 is 15.8 Å². The van der Waals surface area contributed by atoms with Crippen molar-refractivity contribution in [1.29, 1.82) is 0 Å². The topological polar surface area (TPSA) is 74.6 Å². The molecule has 4 nitrogen and oxygen atoms in total. The normalized spacial score (nSPS) is 17.0. The fourth-order valence-corrected chi connectivity index (χ4v) is 21.1. The van der Waals surface area contributed by atoms with Gasteiger partial charge < -0.3 is 10.2 Å². The summed E-state index contributed by atoms with van der Waals surface area (Å²) in [6.45, 7) is 30.8. The van der Waals surface area contributed by atoms with Crippen molar-refractivity contribution in [3.63, 3.8) is 0 Å². The Kier molecular flexibility index (Phi) is 28.9. The molecule has 0 unspecified atom stereocenters. The monoisotopic (exact) mass is 1180 g/mol. The first-order chi connectivity index (χ1) is 36.2. The van der Waals surface area contributed by atoms with Crippen LogP contribution in [0.2, 0.25) is 0 Å². The van der Waals surface area contributed by atoms with Crippen LogP contribution in [0.5, 0.6) is 0 Å². The number of aliphatic carboxylic acids is 2. The van der Waals surface area contributed by atoms with E-state index in [1.165, 1.54) is 140 Å². The predicted octanol–water partition coefficient (Wildman–Crippen LogP) is 21.2. The van der Waals surface area contributed by atoms with Gasteiger partial charge in [-0.1, -0.05) is 249 Å². The smallest absolute Gasteiger partial charge is 0.300 e. The fraction of sp³-hybridized carbons (Fsp3) is 0.629. The van der Waals surface area contributed by atoms with Crippen LogP contribution in [0.1, 0.15) is 294 Å². The van der Waals surface area contributed by atoms with E-state index in [9.17, 15) is 0 Å². The summed E-state index contributed by atoms with van der Waals surface area (Å²) in [5, 5.41) is 18.3. The van der Waals surface area contributed by atoms with Gasteiger partial charge in [0.2, 0.25) is 0 Å². The van der Waals surface area contributed by atoms with Crippen molar-refractivity contribution in [2.45, 2.75) is 283 Å². The average Bonchev–Trinajstić information content (AvgIpc) is 3.39. The van der Waals surface area contributed by atoms with Crippen molar-refractivity contribution in [2.24, 2.45) is 0 Å². The zero-order chi connectivity index (χ0) is 55.6. The molecule has 4 saturated carbocycles. The second-order valence-corrected chi connectivity index (χ2v) is 30.6. The first kappa shape index (κ1) is 66.9. The molecule has 0 heterocycles. The van der Waals surface area contributed by atoms with E-state index in [1.54, 1.807) is 55.1 Å². The number of rotatable bonds is 14. The molecule has 4 fully saturated rings. The number of benzene rings is 4. The Labute approximate surface area is 487 Å². The zero-order valence-corrected chi connectivity index (χ0v) is 54.1. The summed E-state index contributed by atoms with van der Waals surface area (Å²) < 4.78 is 0. The van der Waals surface area contributed by atoms with Crippen LogP contribution in [0, 0.1) is 0 Å². The van der Waals surface area contributed by atoms with E-state index in [2.05, 4.69) is 156 Å². The van der Waals surface area contributed by atoms with Gasteiger partial charge in [0.25, 0.3) is 11.9 Å². The summed E-state index contributed by atoms with van der Waals surface area (Å²) in [6, 6.07) is 29.7. The molecule has 4 aromatic rings. The quantitative estimate of drug-likeness (QED) is 0.0975. The van der Waals surface area contributed by atoms with E-state index >= 15 is 0 Å². The van der Waals surface area contributed by atoms with Crippen LogP contribution in [0.25, 0.3) is 22.3 Å². The van der Waals surface area contributed by atoms with Crippen molar-refractivity contribution < 1.29 is 40.2 Å². The molecule has 0 radical (unpaired) electrons. The number of carboxylic acids is 2. The molecule has 0 aliphatic heterocycles. The minimum atomic E-state index is -0.833. The van der Waals surface area contributed by atoms with Gasteiger partial charge in [0.05, 0.1) is 0 Å². The van der Waals surface area contributed by atoms with Crippen LogP contribution in [0.3, 0.4) is 0 Å². The number of carbonyl (C=O) groups is 2. The van der Waals surface area contributed by atoms with Gasteiger partial charge >= 0.3 is 0 Å². The molecule has 0 amide bonds. The summed E-state index contributed by atoms with van der Waals surface area (Å²) in [5.74, 6) is 1.62. The Balaban J connectivity index is 0.000000288. The molecular formula is C70H106O4P2Pd. The molecule has 0 spiro atoms. The minimum Gasteiger partial charge on any atom is -0.481 e. The predicted molar refractivity (Wildman–Crippen MR) is 336 cm³/mol. The van der Waals surface area contributed by atoms with Crippen LogP contribution in [0.15, 0.2) is 72.8 Å². The fourth-order valence-electron chi connectivity index (χ4n) is 13.2. The third kappa shape index (κ3) is 19.2. The first-order valence-corrected chi connectivity index (χ1v) is 33.7. The maximum Gasteiger partial charge on any atom is 0.300 e. The molecule has 0 bridgehead atoms. The van der Waals surface area contributed by atoms with E-state index in [0.29, 0.717) is 35.5 Å². The molecule has 2 N–H and O–H groups in total. The molecular weight excluding hydrogens is 1070 g/mol. The van der Waals surface area contributed by atoms with Gasteiger partial charge in [0.15, 0.2) is 0 Å². The number of carboxylic acid groups (broad SMARTS) is 2. The SMILES string of the molecule is CC(=O)O.CC(=O)O.CC(C)c1cc(C(C)C)c(-c2ccccc2P(C2CCCCC2)C2CCCCC2)c(C(C)C)c1.CC(C)c1cc(C(C)C)c(-c2ccccc2P(C2CCCCC2)C2CCCCC2)c(C(C)C)c1.[Pd]. The van der Waals surface area contributed by atoms with Crippen molar-refractivity contribution in [3.8, 4) is 22.3 Å². The van der Waals surface area contributed by atoms with Gasteiger partial charge in [0.1, 0.15) is 0 Å². The van der Waals surface area contributed by atoms with E-state index in [-0.39, 0.29) is 36.3 Å². The van der Waals surface area contributed by atoms with E-state index in [4.69, 9.17) is 19.8 Å². The Morgan fingerprint density at radius 1 is 0.377 bits per heavy atom. The van der Waals surface area contributed by atoms with Crippen LogP contribution in [-0.4, -0.2) is 44.8 Å². The standard InChI is InChI=1S/2C33H49P.2C2H4O2.Pd/c2*1-23(2)26-21-30(24(3)4)33(31(22-26)25(5)6)29-19-13-14-20-32(29)34(27-15-9-7-10-16-27)28-17-11-8-12-18-28;2*1-2(3)4;/h2*13-14,19-25,27-28H,7-12,15-18H2,1-6H3;2*1H3,(H,3,4);. The summed E-state index contributed by atoms with van der Waals surface area (Å²) in [4.78, 5) is 18.0. The van der Waals surface area contributed by atoms with E-state index in [1.807, 2.05) is 0 Å². The maximum absolute atomic E-state index is 9.00. The molecule has 77 heavy (non-hydrogen) atoms. The maximum atomic E-state index is 9.00. The third-order valence-electron chi connectivity index (χ3n) is 17.0. The summed E-state index contributed by atoms with van der Waals surface area (Å²) in [5.41, 5.74) is 19.4. The van der Waals surface area contributed by atoms with Crippen molar-refractivity contribution in [2.75, 3.05) is 0 Å². The molecule has 0 atom stereocenters. The number of hydrogen-bond acceptors (Lipinski definition) is 2. The molecule has 4 aliphatic carbocycles. The zero-order valence-electron chi connectivity index (χ0n) is 50.8. The first-order valence-electron chi connectivity index (χ1n) is 30.7. The van der Waals surface area contributed by atoms with Crippen molar-refractivity contribution in [1.82, 2.24) is 0 Å². The molecule has 0 saturated heterocycles. The van der Waals surface area contributed by atoms with Crippen LogP contribution < -0.4 is 10.6 Å². The second kappa shape index (κ2) is 33.3. The van der Waals surface area contributed by atoms with Gasteiger partial charge in [-0.3, -0.25) is 9.59 Å². The van der Waals surface area contributed by atoms with Gasteiger partial charge in [-0.25, -0.2) is 0 Å². The Morgan fingerprint density at radius 3 is 0.779 bits per heavy atom. The molecule has 8 rings (SSSR count). The second-order valence-electron chi connectivity index (χ2n) is 25.1. The summed E-state index contributed by atoms with van der Waals surface area (Å²) in [6.07, 6.45) is 29.2. The largest absolute Gasteiger partial charge is 0.481 e. The number of hydrogen-bond donors (Lipinski definition) is 2. The molecule has 430 valence electrons. The Hall–Kier alpha value is -2.66. The molecule has 0 aromatic heterocycles. The molecule has 7 heteroatoms. The van der Waals surface area contributed by atoms with Crippen molar-refractivity contribution in [3.05, 3.63) is 106 Å². The molecule has 4 aromatic carbocycles. The van der Waals surface area contributed by atoms with E-state index in [0.717, 1.165) is 36.5 Å². The van der Waals surface area contributed by atoms with Gasteiger partial charge in [-0.05, 0) is 176 Å². The Morgan fingerprint density at radius 2 is 0.584 bits per heavy atom.